The van der Waals surface area contributed by atoms with Gasteiger partial charge in [0.1, 0.15) is 0 Å². The van der Waals surface area contributed by atoms with Crippen molar-refractivity contribution in [2.24, 2.45) is 5.10 Å². The third-order valence-corrected chi connectivity index (χ3v) is 6.97. The zero-order valence-electron chi connectivity index (χ0n) is 20.1. The number of hydrazone groups is 1. The Hall–Kier alpha value is -4.04. The lowest BCUT2D eigenvalue weighted by molar-refractivity contribution is -0.141. The summed E-state index contributed by atoms with van der Waals surface area (Å²) in [7, 11) is 0. The van der Waals surface area contributed by atoms with Crippen LogP contribution in [0.2, 0.25) is 0 Å². The first-order chi connectivity index (χ1) is 17.8. The maximum absolute atomic E-state index is 13.6. The minimum atomic E-state index is -1.05. The fourth-order valence-electron chi connectivity index (χ4n) is 4.78. The lowest BCUT2D eigenvalue weighted by Gasteiger charge is -2.22. The molecule has 0 spiro atoms. The van der Waals surface area contributed by atoms with E-state index >= 15 is 0 Å². The van der Waals surface area contributed by atoms with Gasteiger partial charge in [-0.3, -0.25) is 14.4 Å². The largest absolute Gasteiger partial charge is 0.481 e. The standard InChI is InChI=1S/C29H24BrN3O4/c1-17-10-11-22-21(14-17)27(18-6-3-2-4-7-18)28(29(37)31-22)23-16-24(19-8-5-9-20(30)15-19)33(32-23)25(34)12-13-26(35)36/h2-11,14-15,24H,12-13,16H2,1H3,(H,31,37)(H,35,36)/t24-/m0/s1. The number of rotatable bonds is 6. The molecule has 1 amide bonds. The molecular weight excluding hydrogens is 534 g/mol. The van der Waals surface area contributed by atoms with Crippen LogP contribution >= 0.6 is 15.9 Å². The number of carbonyl (C=O) groups excluding carboxylic acids is 1. The van der Waals surface area contributed by atoms with Gasteiger partial charge in [-0.2, -0.15) is 5.10 Å². The number of nitrogens with zero attached hydrogens (tertiary/aromatic N) is 2. The minimum Gasteiger partial charge on any atom is -0.481 e. The Balaban J connectivity index is 1.70. The van der Waals surface area contributed by atoms with E-state index in [9.17, 15) is 14.4 Å². The predicted octanol–water partition coefficient (Wildman–Crippen LogP) is 5.81. The predicted molar refractivity (Wildman–Crippen MR) is 146 cm³/mol. The molecule has 1 aromatic heterocycles. The van der Waals surface area contributed by atoms with Crippen molar-refractivity contribution in [3.05, 3.63) is 104 Å². The van der Waals surface area contributed by atoms with Gasteiger partial charge in [0.2, 0.25) is 5.91 Å². The van der Waals surface area contributed by atoms with E-state index in [2.05, 4.69) is 26.0 Å². The van der Waals surface area contributed by atoms with Gasteiger partial charge in [0, 0.05) is 33.8 Å². The van der Waals surface area contributed by atoms with Crippen molar-refractivity contribution in [2.75, 3.05) is 0 Å². The first-order valence-electron chi connectivity index (χ1n) is 11.9. The average Bonchev–Trinajstić information content (AvgIpc) is 3.32. The number of halogens is 1. The Morgan fingerprint density at radius 2 is 1.81 bits per heavy atom. The van der Waals surface area contributed by atoms with Crippen LogP contribution in [0.1, 0.15) is 42.0 Å². The number of carboxylic acids is 1. The van der Waals surface area contributed by atoms with E-state index in [-0.39, 0.29) is 18.4 Å². The smallest absolute Gasteiger partial charge is 0.303 e. The van der Waals surface area contributed by atoms with Crippen molar-refractivity contribution in [3.63, 3.8) is 0 Å². The Morgan fingerprint density at radius 1 is 1.03 bits per heavy atom. The lowest BCUT2D eigenvalue weighted by Crippen LogP contribution is -2.27. The normalized spacial score (nSPS) is 15.1. The van der Waals surface area contributed by atoms with Crippen LogP contribution in [0.15, 0.2) is 87.2 Å². The van der Waals surface area contributed by atoms with Crippen LogP contribution in [0.4, 0.5) is 0 Å². The molecule has 7 nitrogen and oxygen atoms in total. The van der Waals surface area contributed by atoms with Gasteiger partial charge in [0.05, 0.1) is 23.7 Å². The Kier molecular flexibility index (Phi) is 6.76. The maximum atomic E-state index is 13.6. The monoisotopic (exact) mass is 557 g/mol. The molecule has 2 N–H and O–H groups in total. The molecule has 1 aliphatic heterocycles. The SMILES string of the molecule is Cc1ccc2[nH]c(=O)c(C3=NN(C(=O)CCC(=O)O)[C@H](c4cccc(Br)c4)C3)c(-c3ccccc3)c2c1. The first kappa shape index (κ1) is 24.6. The molecule has 4 aromatic rings. The zero-order chi connectivity index (χ0) is 26.1. The minimum absolute atomic E-state index is 0.185. The summed E-state index contributed by atoms with van der Waals surface area (Å²) in [4.78, 5) is 40.8. The summed E-state index contributed by atoms with van der Waals surface area (Å²) in [5.41, 5.74) is 4.84. The number of aliphatic carboxylic acids is 1. The lowest BCUT2D eigenvalue weighted by atomic mass is 9.90. The van der Waals surface area contributed by atoms with Crippen LogP contribution in [0.5, 0.6) is 0 Å². The van der Waals surface area contributed by atoms with Crippen LogP contribution < -0.4 is 5.56 Å². The van der Waals surface area contributed by atoms with E-state index in [0.717, 1.165) is 37.6 Å². The topological polar surface area (TPSA) is 103 Å². The van der Waals surface area contributed by atoms with Gasteiger partial charge in [0.15, 0.2) is 0 Å². The van der Waals surface area contributed by atoms with Crippen molar-refractivity contribution in [2.45, 2.75) is 32.2 Å². The molecule has 0 saturated heterocycles. The number of carboxylic acid groups (broad SMARTS) is 1. The number of benzene rings is 3. The van der Waals surface area contributed by atoms with Gasteiger partial charge in [-0.15, -0.1) is 0 Å². The summed E-state index contributed by atoms with van der Waals surface area (Å²) in [6, 6.07) is 22.7. The number of hydrogen-bond donors (Lipinski definition) is 2. The Bertz CT molecular complexity index is 1610. The molecule has 0 radical (unpaired) electrons. The number of aryl methyl sites for hydroxylation is 1. The molecule has 37 heavy (non-hydrogen) atoms. The average molecular weight is 558 g/mol. The van der Waals surface area contributed by atoms with Gasteiger partial charge < -0.3 is 10.1 Å². The van der Waals surface area contributed by atoms with Crippen molar-refractivity contribution in [3.8, 4) is 11.1 Å². The molecule has 2 heterocycles. The van der Waals surface area contributed by atoms with Gasteiger partial charge in [-0.05, 0) is 42.3 Å². The molecule has 1 aliphatic rings. The van der Waals surface area contributed by atoms with Crippen LogP contribution in [0, 0.1) is 6.92 Å². The Morgan fingerprint density at radius 3 is 2.54 bits per heavy atom. The number of carbonyl (C=O) groups is 2. The number of H-pyrrole nitrogens is 1. The van der Waals surface area contributed by atoms with E-state index in [1.165, 1.54) is 5.01 Å². The summed E-state index contributed by atoms with van der Waals surface area (Å²) >= 11 is 3.49. The second-order valence-electron chi connectivity index (χ2n) is 9.07. The third-order valence-electron chi connectivity index (χ3n) is 6.47. The number of nitrogens with one attached hydrogen (secondary N) is 1. The first-order valence-corrected chi connectivity index (χ1v) is 12.7. The number of hydrogen-bond acceptors (Lipinski definition) is 4. The molecule has 1 atom stereocenters. The van der Waals surface area contributed by atoms with Gasteiger partial charge in [-0.1, -0.05) is 70.0 Å². The molecule has 0 bridgehead atoms. The van der Waals surface area contributed by atoms with Crippen LogP contribution in [0.25, 0.3) is 22.0 Å². The van der Waals surface area contributed by atoms with Gasteiger partial charge in [-0.25, -0.2) is 5.01 Å². The van der Waals surface area contributed by atoms with Crippen molar-refractivity contribution in [1.82, 2.24) is 9.99 Å². The highest BCUT2D eigenvalue weighted by molar-refractivity contribution is 9.10. The molecule has 0 fully saturated rings. The highest BCUT2D eigenvalue weighted by atomic mass is 79.9. The van der Waals surface area contributed by atoms with Crippen LogP contribution in [-0.2, 0) is 9.59 Å². The Labute approximate surface area is 221 Å². The van der Waals surface area contributed by atoms with E-state index in [4.69, 9.17) is 5.11 Å². The summed E-state index contributed by atoms with van der Waals surface area (Å²) in [5, 5.41) is 16.0. The van der Waals surface area contributed by atoms with E-state index in [1.54, 1.807) is 0 Å². The molecule has 3 aromatic carbocycles. The quantitative estimate of drug-likeness (QED) is 0.312. The molecule has 186 valence electrons. The van der Waals surface area contributed by atoms with E-state index < -0.39 is 17.9 Å². The van der Waals surface area contributed by atoms with Gasteiger partial charge >= 0.3 is 5.97 Å². The fraction of sp³-hybridized carbons (Fsp3) is 0.172. The number of aromatic nitrogens is 1. The zero-order valence-corrected chi connectivity index (χ0v) is 21.7. The number of aromatic amines is 1. The number of amides is 1. The van der Waals surface area contributed by atoms with E-state index in [1.807, 2.05) is 79.7 Å². The molecule has 5 rings (SSSR count). The molecule has 0 unspecified atom stereocenters. The maximum Gasteiger partial charge on any atom is 0.303 e. The van der Waals surface area contributed by atoms with Gasteiger partial charge in [0.25, 0.3) is 5.56 Å². The second-order valence-corrected chi connectivity index (χ2v) is 9.99. The number of fused-ring (bicyclic) bond motifs is 1. The van der Waals surface area contributed by atoms with Crippen LogP contribution in [-0.4, -0.2) is 32.7 Å². The highest BCUT2D eigenvalue weighted by Gasteiger charge is 2.35. The highest BCUT2D eigenvalue weighted by Crippen LogP contribution is 2.38. The van der Waals surface area contributed by atoms with Crippen molar-refractivity contribution >= 4 is 44.4 Å². The summed E-state index contributed by atoms with van der Waals surface area (Å²) in [6.07, 6.45) is -0.165. The molecule has 0 aliphatic carbocycles. The summed E-state index contributed by atoms with van der Waals surface area (Å²) in [5.74, 6) is -1.46. The number of pyridine rings is 1. The fourth-order valence-corrected chi connectivity index (χ4v) is 5.20. The summed E-state index contributed by atoms with van der Waals surface area (Å²) in [6.45, 7) is 2.00. The van der Waals surface area contributed by atoms with Crippen molar-refractivity contribution < 1.29 is 14.7 Å². The summed E-state index contributed by atoms with van der Waals surface area (Å²) < 4.78 is 0.848. The molecule has 8 heteroatoms. The molecule has 0 saturated carbocycles. The van der Waals surface area contributed by atoms with Crippen LogP contribution in [0.3, 0.4) is 0 Å². The third kappa shape index (κ3) is 4.97. The molecular formula is C29H24BrN3O4. The second kappa shape index (κ2) is 10.1. The van der Waals surface area contributed by atoms with Crippen molar-refractivity contribution in [1.29, 1.82) is 0 Å². The van der Waals surface area contributed by atoms with E-state index in [0.29, 0.717) is 17.7 Å².